The van der Waals surface area contributed by atoms with E-state index in [2.05, 4.69) is 4.89 Å². The second-order valence-electron chi connectivity index (χ2n) is 7.12. The van der Waals surface area contributed by atoms with E-state index in [0.717, 1.165) is 20.0 Å². The van der Waals surface area contributed by atoms with Crippen LogP contribution in [0.1, 0.15) is 18.2 Å². The molecular weight excluding hydrogens is 514 g/mol. The number of benzene rings is 2. The van der Waals surface area contributed by atoms with Gasteiger partial charge in [-0.25, -0.2) is 18.5 Å². The largest absolute Gasteiger partial charge is 0.451 e. The van der Waals surface area contributed by atoms with Gasteiger partial charge in [0.2, 0.25) is 5.75 Å². The van der Waals surface area contributed by atoms with E-state index >= 15 is 0 Å². The van der Waals surface area contributed by atoms with Crippen LogP contribution in [-0.4, -0.2) is 15.1 Å². The molecule has 0 aliphatic heterocycles. The zero-order chi connectivity index (χ0) is 26.8. The minimum atomic E-state index is -5.01. The van der Waals surface area contributed by atoms with Gasteiger partial charge in [-0.2, -0.15) is 18.4 Å². The van der Waals surface area contributed by atoms with E-state index in [9.17, 15) is 31.9 Å². The fourth-order valence-corrected chi connectivity index (χ4v) is 3.26. The lowest BCUT2D eigenvalue weighted by Gasteiger charge is -2.17. The average Bonchev–Trinajstić information content (AvgIpc) is 2.78. The summed E-state index contributed by atoms with van der Waals surface area (Å²) in [5.74, 6) is -2.74. The van der Waals surface area contributed by atoms with Gasteiger partial charge in [-0.05, 0) is 12.1 Å². The first kappa shape index (κ1) is 26.3. The highest BCUT2D eigenvalue weighted by atomic mass is 35.5. The lowest BCUT2D eigenvalue weighted by molar-refractivity contribution is -0.211. The molecule has 0 aliphatic rings. The summed E-state index contributed by atoms with van der Waals surface area (Å²) < 4.78 is 60.2. The van der Waals surface area contributed by atoms with Crippen molar-refractivity contribution in [1.82, 2.24) is 9.13 Å². The van der Waals surface area contributed by atoms with Crippen molar-refractivity contribution in [3.05, 3.63) is 79.3 Å². The molecule has 0 N–H and O–H groups in total. The van der Waals surface area contributed by atoms with Crippen LogP contribution in [0.5, 0.6) is 17.2 Å². The van der Waals surface area contributed by atoms with Crippen molar-refractivity contribution in [3.63, 3.8) is 0 Å². The van der Waals surface area contributed by atoms with Crippen molar-refractivity contribution in [2.24, 2.45) is 7.05 Å². The molecule has 36 heavy (non-hydrogen) atoms. The highest BCUT2D eigenvalue weighted by Crippen LogP contribution is 2.39. The molecular formula is C22H14ClF4N3O6. The maximum absolute atomic E-state index is 14.8. The van der Waals surface area contributed by atoms with Gasteiger partial charge in [0, 0.05) is 31.7 Å². The van der Waals surface area contributed by atoms with E-state index in [0.29, 0.717) is 6.07 Å². The topological polar surface area (TPSA) is 113 Å². The van der Waals surface area contributed by atoms with Gasteiger partial charge >= 0.3 is 17.8 Å². The number of carbonyl (C=O) groups is 1. The van der Waals surface area contributed by atoms with Gasteiger partial charge < -0.3 is 4.74 Å². The normalized spacial score (nSPS) is 11.1. The standard InChI is InChI=1S/C22H14ClF4N3O6/c1-11(31)35-36-16-5-3-4-12(6-7-28)20(16)34-17-9-15(14(24)8-13(17)23)30-19(32)10-18(22(25,26)27)29(2)21(30)33/h3-5,8-10H,6H2,1-2H3. The molecule has 2 aromatic carbocycles. The Morgan fingerprint density at radius 3 is 2.47 bits per heavy atom. The number of para-hydroxylation sites is 1. The number of ether oxygens (including phenoxy) is 1. The fourth-order valence-electron chi connectivity index (χ4n) is 3.07. The van der Waals surface area contributed by atoms with E-state index < -0.39 is 40.6 Å². The molecule has 0 radical (unpaired) electrons. The van der Waals surface area contributed by atoms with Crippen LogP contribution in [-0.2, 0) is 29.3 Å². The van der Waals surface area contributed by atoms with E-state index in [-0.39, 0.29) is 49.5 Å². The summed E-state index contributed by atoms with van der Waals surface area (Å²) in [7, 11) is 0.767. The first-order valence-corrected chi connectivity index (χ1v) is 10.1. The molecule has 3 rings (SSSR count). The molecule has 0 unspecified atom stereocenters. The molecule has 0 aliphatic carbocycles. The van der Waals surface area contributed by atoms with E-state index in [1.165, 1.54) is 18.2 Å². The average molecular weight is 528 g/mol. The second kappa shape index (κ2) is 10.1. The SMILES string of the molecule is CC(=O)OOc1cccc(CC#N)c1Oc1cc(-n2c(=O)cc(C(F)(F)F)n(C)c2=O)c(F)cc1Cl. The van der Waals surface area contributed by atoms with Crippen LogP contribution in [0.15, 0.2) is 46.0 Å². The van der Waals surface area contributed by atoms with Gasteiger partial charge in [0.1, 0.15) is 17.3 Å². The Bertz CT molecular complexity index is 1510. The number of nitriles is 1. The summed E-state index contributed by atoms with van der Waals surface area (Å²) in [5.41, 5.74) is -5.00. The van der Waals surface area contributed by atoms with Crippen molar-refractivity contribution in [1.29, 1.82) is 5.26 Å². The monoisotopic (exact) mass is 527 g/mol. The van der Waals surface area contributed by atoms with Gasteiger partial charge in [-0.15, -0.1) is 0 Å². The Morgan fingerprint density at radius 2 is 1.86 bits per heavy atom. The minimum absolute atomic E-state index is 0.142. The molecule has 0 saturated carbocycles. The Kier molecular flexibility index (Phi) is 7.40. The number of alkyl halides is 3. The third-order valence-electron chi connectivity index (χ3n) is 4.64. The van der Waals surface area contributed by atoms with Gasteiger partial charge in [-0.3, -0.25) is 19.1 Å². The molecule has 0 spiro atoms. The smallest absolute Gasteiger partial charge is 0.431 e. The molecule has 14 heteroatoms. The molecule has 0 fully saturated rings. The third-order valence-corrected chi connectivity index (χ3v) is 4.94. The second-order valence-corrected chi connectivity index (χ2v) is 7.52. The lowest BCUT2D eigenvalue weighted by atomic mass is 10.1. The molecule has 9 nitrogen and oxygen atoms in total. The summed E-state index contributed by atoms with van der Waals surface area (Å²) >= 11 is 6.07. The molecule has 0 amide bonds. The summed E-state index contributed by atoms with van der Waals surface area (Å²) in [5, 5.41) is 8.74. The number of halogens is 5. The molecule has 1 aromatic heterocycles. The van der Waals surface area contributed by atoms with E-state index in [1.54, 1.807) is 0 Å². The molecule has 3 aromatic rings. The summed E-state index contributed by atoms with van der Waals surface area (Å²) in [6.45, 7) is 1.06. The fraction of sp³-hybridized carbons (Fsp3) is 0.182. The van der Waals surface area contributed by atoms with Crippen LogP contribution in [0.2, 0.25) is 5.02 Å². The van der Waals surface area contributed by atoms with Crippen molar-refractivity contribution in [3.8, 4) is 29.0 Å². The van der Waals surface area contributed by atoms with Crippen LogP contribution < -0.4 is 20.9 Å². The Balaban J connectivity index is 2.19. The van der Waals surface area contributed by atoms with Crippen molar-refractivity contribution in [2.45, 2.75) is 19.5 Å². The van der Waals surface area contributed by atoms with Crippen molar-refractivity contribution < 1.29 is 36.9 Å². The summed E-state index contributed by atoms with van der Waals surface area (Å²) in [4.78, 5) is 45.5. The van der Waals surface area contributed by atoms with Crippen LogP contribution in [0.25, 0.3) is 5.69 Å². The van der Waals surface area contributed by atoms with Gasteiger partial charge in [0.25, 0.3) is 5.56 Å². The minimum Gasteiger partial charge on any atom is -0.451 e. The highest BCUT2D eigenvalue weighted by molar-refractivity contribution is 6.32. The van der Waals surface area contributed by atoms with E-state index in [1.807, 2.05) is 6.07 Å². The van der Waals surface area contributed by atoms with Gasteiger partial charge in [0.15, 0.2) is 5.75 Å². The molecule has 0 saturated heterocycles. The number of aromatic nitrogens is 2. The first-order valence-electron chi connectivity index (χ1n) is 9.76. The number of rotatable bonds is 6. The number of hydrogen-bond acceptors (Lipinski definition) is 7. The maximum Gasteiger partial charge on any atom is 0.431 e. The zero-order valence-corrected chi connectivity index (χ0v) is 19.1. The van der Waals surface area contributed by atoms with E-state index in [4.69, 9.17) is 26.5 Å². The zero-order valence-electron chi connectivity index (χ0n) is 18.4. The first-order chi connectivity index (χ1) is 16.8. The lowest BCUT2D eigenvalue weighted by Crippen LogP contribution is -2.41. The summed E-state index contributed by atoms with van der Waals surface area (Å²) in [6.07, 6.45) is -5.22. The molecule has 0 atom stereocenters. The summed E-state index contributed by atoms with van der Waals surface area (Å²) in [6, 6.07) is 7.75. The predicted molar refractivity (Wildman–Crippen MR) is 115 cm³/mol. The Morgan fingerprint density at radius 1 is 1.17 bits per heavy atom. The number of hydrogen-bond donors (Lipinski definition) is 0. The Hall–Kier alpha value is -4.31. The van der Waals surface area contributed by atoms with Crippen LogP contribution in [0.4, 0.5) is 17.6 Å². The van der Waals surface area contributed by atoms with Crippen LogP contribution in [0, 0.1) is 17.1 Å². The molecule has 1 heterocycles. The highest BCUT2D eigenvalue weighted by Gasteiger charge is 2.35. The van der Waals surface area contributed by atoms with Crippen molar-refractivity contribution in [2.75, 3.05) is 0 Å². The number of nitrogens with zero attached hydrogens (tertiary/aromatic N) is 3. The molecule has 188 valence electrons. The van der Waals surface area contributed by atoms with Gasteiger partial charge in [-0.1, -0.05) is 23.7 Å². The third kappa shape index (κ3) is 5.33. The van der Waals surface area contributed by atoms with Gasteiger partial charge in [0.05, 0.1) is 23.2 Å². The van der Waals surface area contributed by atoms with Crippen LogP contribution in [0.3, 0.4) is 0 Å². The van der Waals surface area contributed by atoms with Crippen LogP contribution >= 0.6 is 11.6 Å². The maximum atomic E-state index is 14.8. The molecule has 0 bridgehead atoms. The Labute approximate surface area is 204 Å². The number of carbonyl (C=O) groups excluding carboxylic acids is 1. The quantitative estimate of drug-likeness (QED) is 0.270. The predicted octanol–water partition coefficient (Wildman–Crippen LogP) is 4.06. The van der Waals surface area contributed by atoms with Crippen molar-refractivity contribution >= 4 is 17.6 Å².